The van der Waals surface area contributed by atoms with E-state index in [1.165, 1.54) is 0 Å². The molecule has 0 atom stereocenters. The van der Waals surface area contributed by atoms with E-state index >= 15 is 0 Å². The Bertz CT molecular complexity index is 121. The van der Waals surface area contributed by atoms with Crippen LogP contribution in [0.1, 0.15) is 6.92 Å². The zero-order valence-electron chi connectivity index (χ0n) is 6.58. The summed E-state index contributed by atoms with van der Waals surface area (Å²) < 4.78 is 10.5. The van der Waals surface area contributed by atoms with Crippen molar-refractivity contribution in [3.63, 3.8) is 0 Å². The van der Waals surface area contributed by atoms with Crippen molar-refractivity contribution >= 4 is 6.41 Å². The summed E-state index contributed by atoms with van der Waals surface area (Å²) in [6.07, 6.45) is 0.390. The second-order valence-corrected chi connectivity index (χ2v) is 2.73. The predicted molar refractivity (Wildman–Crippen MR) is 38.9 cm³/mol. The summed E-state index contributed by atoms with van der Waals surface area (Å²) in [5, 5.41) is 2.50. The first-order valence-corrected chi connectivity index (χ1v) is 3.73. The smallest absolute Gasteiger partial charge is 0.207 e. The molecule has 0 unspecified atom stereocenters. The van der Waals surface area contributed by atoms with Gasteiger partial charge in [-0.1, -0.05) is 6.92 Å². The highest BCUT2D eigenvalue weighted by Crippen LogP contribution is 2.08. The SMILES string of the molecule is CC1COC(CNC=O)OC1. The number of hydrogen-bond acceptors (Lipinski definition) is 3. The third kappa shape index (κ3) is 2.86. The minimum atomic E-state index is -0.253. The van der Waals surface area contributed by atoms with Crippen molar-refractivity contribution in [2.24, 2.45) is 5.92 Å². The van der Waals surface area contributed by atoms with Gasteiger partial charge in [-0.15, -0.1) is 0 Å². The van der Waals surface area contributed by atoms with Crippen LogP contribution in [0, 0.1) is 5.92 Å². The number of hydrogen-bond donors (Lipinski definition) is 1. The highest BCUT2D eigenvalue weighted by Gasteiger charge is 2.17. The van der Waals surface area contributed by atoms with Crippen molar-refractivity contribution in [3.05, 3.63) is 0 Å². The van der Waals surface area contributed by atoms with Crippen molar-refractivity contribution in [1.29, 1.82) is 0 Å². The Hall–Kier alpha value is -0.610. The second-order valence-electron chi connectivity index (χ2n) is 2.73. The Morgan fingerprint density at radius 2 is 2.18 bits per heavy atom. The summed E-state index contributed by atoms with van der Waals surface area (Å²) >= 11 is 0. The maximum absolute atomic E-state index is 9.89. The van der Waals surface area contributed by atoms with Gasteiger partial charge in [-0.05, 0) is 0 Å². The van der Waals surface area contributed by atoms with Gasteiger partial charge in [0.25, 0.3) is 0 Å². The molecule has 0 aliphatic carbocycles. The van der Waals surface area contributed by atoms with Gasteiger partial charge < -0.3 is 14.8 Å². The number of ether oxygens (including phenoxy) is 2. The fourth-order valence-electron chi connectivity index (χ4n) is 0.902. The molecule has 1 saturated heterocycles. The monoisotopic (exact) mass is 159 g/mol. The maximum Gasteiger partial charge on any atom is 0.207 e. The van der Waals surface area contributed by atoms with E-state index in [1.807, 2.05) is 0 Å². The fourth-order valence-corrected chi connectivity index (χ4v) is 0.902. The lowest BCUT2D eigenvalue weighted by molar-refractivity contribution is -0.194. The van der Waals surface area contributed by atoms with Crippen molar-refractivity contribution in [3.8, 4) is 0 Å². The quantitative estimate of drug-likeness (QED) is 0.577. The van der Waals surface area contributed by atoms with Crippen LogP contribution in [0.3, 0.4) is 0 Å². The van der Waals surface area contributed by atoms with Crippen LogP contribution < -0.4 is 5.32 Å². The highest BCUT2D eigenvalue weighted by atomic mass is 16.7. The van der Waals surface area contributed by atoms with E-state index in [2.05, 4.69) is 12.2 Å². The molecule has 1 aliphatic heterocycles. The van der Waals surface area contributed by atoms with E-state index in [-0.39, 0.29) is 6.29 Å². The van der Waals surface area contributed by atoms with Crippen molar-refractivity contribution in [2.75, 3.05) is 19.8 Å². The highest BCUT2D eigenvalue weighted by molar-refractivity contribution is 5.45. The van der Waals surface area contributed by atoms with Gasteiger partial charge in [-0.25, -0.2) is 0 Å². The van der Waals surface area contributed by atoms with E-state index in [0.717, 1.165) is 0 Å². The Labute approximate surface area is 65.9 Å². The Morgan fingerprint density at radius 3 is 2.73 bits per heavy atom. The van der Waals surface area contributed by atoms with Gasteiger partial charge in [-0.2, -0.15) is 0 Å². The van der Waals surface area contributed by atoms with Crippen molar-refractivity contribution in [2.45, 2.75) is 13.2 Å². The molecule has 0 bridgehead atoms. The molecular weight excluding hydrogens is 146 g/mol. The maximum atomic E-state index is 9.89. The lowest BCUT2D eigenvalue weighted by Crippen LogP contribution is -2.37. The Balaban J connectivity index is 2.12. The van der Waals surface area contributed by atoms with Gasteiger partial charge in [0, 0.05) is 5.92 Å². The average molecular weight is 159 g/mol. The Morgan fingerprint density at radius 1 is 1.55 bits per heavy atom. The zero-order valence-corrected chi connectivity index (χ0v) is 6.58. The summed E-state index contributed by atoms with van der Waals surface area (Å²) in [7, 11) is 0. The third-order valence-corrected chi connectivity index (χ3v) is 1.50. The van der Waals surface area contributed by atoms with Crippen LogP contribution in [0.5, 0.6) is 0 Å². The largest absolute Gasteiger partial charge is 0.354 e. The van der Waals surface area contributed by atoms with Gasteiger partial charge in [-0.3, -0.25) is 4.79 Å². The number of carbonyl (C=O) groups is 1. The van der Waals surface area contributed by atoms with Crippen molar-refractivity contribution in [1.82, 2.24) is 5.32 Å². The lowest BCUT2D eigenvalue weighted by atomic mass is 10.2. The number of rotatable bonds is 3. The van der Waals surface area contributed by atoms with E-state index in [0.29, 0.717) is 32.1 Å². The van der Waals surface area contributed by atoms with Crippen LogP contribution >= 0.6 is 0 Å². The van der Waals surface area contributed by atoms with Gasteiger partial charge in [0.1, 0.15) is 0 Å². The van der Waals surface area contributed by atoms with Gasteiger partial charge in [0.2, 0.25) is 6.41 Å². The molecule has 0 aromatic rings. The van der Waals surface area contributed by atoms with E-state index in [1.54, 1.807) is 0 Å². The minimum absolute atomic E-state index is 0.253. The Kier molecular flexibility index (Phi) is 3.32. The van der Waals surface area contributed by atoms with Gasteiger partial charge >= 0.3 is 0 Å². The molecule has 0 aromatic carbocycles. The summed E-state index contributed by atoms with van der Waals surface area (Å²) in [5.74, 6) is 0.461. The van der Waals surface area contributed by atoms with Crippen LogP contribution in [0.25, 0.3) is 0 Å². The topological polar surface area (TPSA) is 47.6 Å². The molecule has 4 heteroatoms. The molecule has 1 N–H and O–H groups in total. The molecule has 4 nitrogen and oxygen atoms in total. The molecule has 1 fully saturated rings. The first-order chi connectivity index (χ1) is 5.33. The van der Waals surface area contributed by atoms with Gasteiger partial charge in [0.15, 0.2) is 6.29 Å². The molecule has 0 saturated carbocycles. The fraction of sp³-hybridized carbons (Fsp3) is 0.857. The molecule has 1 amide bonds. The minimum Gasteiger partial charge on any atom is -0.354 e. The molecule has 0 radical (unpaired) electrons. The first-order valence-electron chi connectivity index (χ1n) is 3.73. The number of nitrogens with one attached hydrogen (secondary N) is 1. The van der Waals surface area contributed by atoms with Crippen LogP contribution in [0.15, 0.2) is 0 Å². The number of amides is 1. The summed E-state index contributed by atoms with van der Waals surface area (Å²) in [6.45, 7) is 3.93. The van der Waals surface area contributed by atoms with Crippen molar-refractivity contribution < 1.29 is 14.3 Å². The molecule has 11 heavy (non-hydrogen) atoms. The molecule has 1 rings (SSSR count). The van der Waals surface area contributed by atoms with Crippen LogP contribution in [-0.4, -0.2) is 32.5 Å². The summed E-state index contributed by atoms with van der Waals surface area (Å²) in [5.41, 5.74) is 0. The van der Waals surface area contributed by atoms with E-state index in [9.17, 15) is 4.79 Å². The van der Waals surface area contributed by atoms with E-state index < -0.39 is 0 Å². The summed E-state index contributed by atoms with van der Waals surface area (Å²) in [6, 6.07) is 0. The molecular formula is C7H13NO3. The van der Waals surface area contributed by atoms with Crippen LogP contribution in [0.4, 0.5) is 0 Å². The zero-order chi connectivity index (χ0) is 8.10. The molecule has 1 heterocycles. The predicted octanol–water partition coefficient (Wildman–Crippen LogP) is -0.259. The standard InChI is InChI=1S/C7H13NO3/c1-6-3-10-7(11-4-6)2-8-5-9/h5-7H,2-4H2,1H3,(H,8,9). The third-order valence-electron chi connectivity index (χ3n) is 1.50. The van der Waals surface area contributed by atoms with Crippen LogP contribution in [0.2, 0.25) is 0 Å². The van der Waals surface area contributed by atoms with Crippen LogP contribution in [-0.2, 0) is 14.3 Å². The second kappa shape index (κ2) is 4.31. The number of carbonyl (C=O) groups excluding carboxylic acids is 1. The first kappa shape index (κ1) is 8.49. The molecule has 0 aromatic heterocycles. The molecule has 0 spiro atoms. The lowest BCUT2D eigenvalue weighted by Gasteiger charge is -2.26. The van der Waals surface area contributed by atoms with E-state index in [4.69, 9.17) is 9.47 Å². The molecule has 64 valence electrons. The normalized spacial score (nSPS) is 31.4. The summed E-state index contributed by atoms with van der Waals surface area (Å²) in [4.78, 5) is 9.89. The van der Waals surface area contributed by atoms with Gasteiger partial charge in [0.05, 0.1) is 19.8 Å². The average Bonchev–Trinajstić information content (AvgIpc) is 2.04. The molecule has 1 aliphatic rings.